The average Bonchev–Trinajstić information content (AvgIpc) is 3.24. The zero-order valence-corrected chi connectivity index (χ0v) is 23.0. The van der Waals surface area contributed by atoms with Gasteiger partial charge in [-0.2, -0.15) is 0 Å². The molecule has 2 fully saturated rings. The molecule has 8 heteroatoms. The van der Waals surface area contributed by atoms with Crippen molar-refractivity contribution in [2.45, 2.75) is 36.3 Å². The molecule has 5 atom stereocenters. The minimum Gasteiger partial charge on any atom is -0.396 e. The van der Waals surface area contributed by atoms with Crippen LogP contribution in [0.25, 0.3) is 0 Å². The van der Waals surface area contributed by atoms with E-state index in [2.05, 4.69) is 6.08 Å². The van der Waals surface area contributed by atoms with Gasteiger partial charge in [0.25, 0.3) is 5.91 Å². The van der Waals surface area contributed by atoms with Gasteiger partial charge in [0, 0.05) is 42.9 Å². The minimum atomic E-state index is -0.871. The molecule has 202 valence electrons. The Hall–Kier alpha value is -3.36. The molecule has 3 amide bonds. The number of hydrogen-bond donors (Lipinski definition) is 1. The Labute approximate surface area is 233 Å². The zero-order chi connectivity index (χ0) is 27.3. The second-order valence-corrected chi connectivity index (χ2v) is 12.2. The van der Waals surface area contributed by atoms with Crippen LogP contribution in [0, 0.1) is 25.7 Å². The second-order valence-electron chi connectivity index (χ2n) is 10.8. The number of carbonyl (C=O) groups is 3. The van der Waals surface area contributed by atoms with Crippen LogP contribution >= 0.6 is 11.8 Å². The molecule has 2 aromatic carbocycles. The van der Waals surface area contributed by atoms with Gasteiger partial charge in [-0.05, 0) is 43.5 Å². The topological polar surface area (TPSA) is 81.2 Å². The predicted molar refractivity (Wildman–Crippen MR) is 154 cm³/mol. The first-order valence-corrected chi connectivity index (χ1v) is 14.4. The summed E-state index contributed by atoms with van der Waals surface area (Å²) in [6, 6.07) is 14.8. The number of thioether (sulfide) groups is 1. The van der Waals surface area contributed by atoms with Crippen molar-refractivity contribution in [3.8, 4) is 0 Å². The summed E-state index contributed by atoms with van der Waals surface area (Å²) in [5.74, 6) is -1.65. The molecule has 39 heavy (non-hydrogen) atoms. The fourth-order valence-electron chi connectivity index (χ4n) is 6.89. The molecular weight excluding hydrogens is 510 g/mol. The van der Waals surface area contributed by atoms with Crippen molar-refractivity contribution in [3.63, 3.8) is 0 Å². The molecule has 1 unspecified atom stereocenters. The van der Waals surface area contributed by atoms with E-state index >= 15 is 0 Å². The van der Waals surface area contributed by atoms with E-state index in [9.17, 15) is 19.5 Å². The van der Waals surface area contributed by atoms with Crippen molar-refractivity contribution >= 4 is 40.9 Å². The lowest BCUT2D eigenvalue weighted by Crippen LogP contribution is -2.53. The number of fused-ring (bicyclic) bond motifs is 2. The highest BCUT2D eigenvalue weighted by Gasteiger charge is 2.71. The van der Waals surface area contributed by atoms with Gasteiger partial charge in [-0.15, -0.1) is 11.8 Å². The average molecular weight is 544 g/mol. The molecule has 1 spiro atoms. The van der Waals surface area contributed by atoms with Crippen LogP contribution in [0.15, 0.2) is 72.8 Å². The number of amides is 3. The summed E-state index contributed by atoms with van der Waals surface area (Å²) in [5.41, 5.74) is 3.66. The van der Waals surface area contributed by atoms with Crippen LogP contribution in [0.4, 0.5) is 11.4 Å². The van der Waals surface area contributed by atoms with Crippen LogP contribution in [-0.4, -0.2) is 70.0 Å². The maximum absolute atomic E-state index is 14.5. The molecule has 0 aromatic heterocycles. The molecule has 0 radical (unpaired) electrons. The third-order valence-corrected chi connectivity index (χ3v) is 10.2. The third-order valence-electron chi connectivity index (χ3n) is 8.49. The van der Waals surface area contributed by atoms with E-state index < -0.39 is 22.6 Å². The Balaban J connectivity index is 1.45. The molecule has 2 aromatic rings. The number of anilines is 2. The lowest BCUT2D eigenvalue weighted by Gasteiger charge is -2.36. The molecule has 4 heterocycles. The first kappa shape index (κ1) is 25.9. The smallest absolute Gasteiger partial charge is 0.251 e. The standard InChI is InChI=1S/C31H33N3O4S/c1-20-10-6-11-21(2)26(20)33-17-8-15-31-25(29(37)34(18-9-19-35)27(31)30(33)38)24-23(39-31)14-7-16-32(28(24)36)22-12-4-3-5-13-22/h3-8,10-15,23-25,27,35H,9,16-19H2,1-2H3/t23-,24+,25-,27?,31-/m0/s1. The lowest BCUT2D eigenvalue weighted by molar-refractivity contribution is -0.138. The van der Waals surface area contributed by atoms with Gasteiger partial charge in [0.15, 0.2) is 0 Å². The number of likely N-dealkylation sites (tertiary alicyclic amines) is 1. The molecule has 0 aliphatic carbocycles. The second kappa shape index (κ2) is 9.99. The fraction of sp³-hybridized carbons (Fsp3) is 0.387. The zero-order valence-electron chi connectivity index (χ0n) is 22.2. The summed E-state index contributed by atoms with van der Waals surface area (Å²) in [7, 11) is 0. The highest BCUT2D eigenvalue weighted by atomic mass is 32.2. The van der Waals surface area contributed by atoms with Gasteiger partial charge in [-0.1, -0.05) is 60.7 Å². The summed E-state index contributed by atoms with van der Waals surface area (Å²) in [6.45, 7) is 5.01. The Kier molecular flexibility index (Phi) is 6.63. The van der Waals surface area contributed by atoms with Crippen molar-refractivity contribution < 1.29 is 19.5 Å². The number of benzene rings is 2. The van der Waals surface area contributed by atoms with Crippen molar-refractivity contribution in [1.29, 1.82) is 0 Å². The quantitative estimate of drug-likeness (QED) is 0.584. The highest BCUT2D eigenvalue weighted by Crippen LogP contribution is 2.61. The van der Waals surface area contributed by atoms with Gasteiger partial charge in [0.05, 0.1) is 16.6 Å². The summed E-state index contributed by atoms with van der Waals surface area (Å²) in [5, 5.41) is 9.42. The molecule has 2 saturated heterocycles. The normalized spacial score (nSPS) is 29.8. The van der Waals surface area contributed by atoms with Crippen LogP contribution in [-0.2, 0) is 14.4 Å². The van der Waals surface area contributed by atoms with Crippen LogP contribution < -0.4 is 9.80 Å². The summed E-state index contributed by atoms with van der Waals surface area (Å²) in [4.78, 5) is 48.2. The molecule has 1 N–H and O–H groups in total. The van der Waals surface area contributed by atoms with E-state index in [-0.39, 0.29) is 36.1 Å². The van der Waals surface area contributed by atoms with Gasteiger partial charge in [0.2, 0.25) is 11.8 Å². The van der Waals surface area contributed by atoms with E-state index in [4.69, 9.17) is 0 Å². The first-order chi connectivity index (χ1) is 18.9. The number of aliphatic hydroxyl groups excluding tert-OH is 1. The first-order valence-electron chi connectivity index (χ1n) is 13.6. The van der Waals surface area contributed by atoms with E-state index in [0.29, 0.717) is 19.5 Å². The summed E-state index contributed by atoms with van der Waals surface area (Å²) >= 11 is 1.58. The van der Waals surface area contributed by atoms with Gasteiger partial charge in [0.1, 0.15) is 6.04 Å². The molecular formula is C31H33N3O4S. The number of nitrogens with zero attached hydrogens (tertiary/aromatic N) is 3. The van der Waals surface area contributed by atoms with Gasteiger partial charge < -0.3 is 19.8 Å². The SMILES string of the molecule is Cc1cccc(C)c1N1CC=C[C@]23S[C@H]4C=CCN(c5ccccc5)C(=O)[C@H]4[C@H]2C(=O)N(CCCO)C3C1=O. The fourth-order valence-corrected chi connectivity index (χ4v) is 8.90. The van der Waals surface area contributed by atoms with Crippen molar-refractivity contribution in [1.82, 2.24) is 4.90 Å². The predicted octanol–water partition coefficient (Wildman–Crippen LogP) is 3.49. The van der Waals surface area contributed by atoms with E-state index in [1.807, 2.05) is 80.6 Å². The number of aryl methyl sites for hydroxylation is 2. The lowest BCUT2D eigenvalue weighted by atomic mass is 9.78. The number of rotatable bonds is 5. The molecule has 7 nitrogen and oxygen atoms in total. The number of hydrogen-bond acceptors (Lipinski definition) is 5. The van der Waals surface area contributed by atoms with Crippen molar-refractivity contribution in [3.05, 3.63) is 84.0 Å². The Morgan fingerprint density at radius 3 is 2.33 bits per heavy atom. The van der Waals surface area contributed by atoms with Crippen LogP contribution in [0.3, 0.4) is 0 Å². The van der Waals surface area contributed by atoms with E-state index in [0.717, 1.165) is 22.5 Å². The molecule has 6 rings (SSSR count). The van der Waals surface area contributed by atoms with Crippen molar-refractivity contribution in [2.75, 3.05) is 36.0 Å². The molecule has 4 aliphatic heterocycles. The maximum atomic E-state index is 14.5. The Bertz CT molecular complexity index is 1350. The Morgan fingerprint density at radius 1 is 0.897 bits per heavy atom. The monoisotopic (exact) mass is 543 g/mol. The highest BCUT2D eigenvalue weighted by molar-refractivity contribution is 8.02. The Morgan fingerprint density at radius 2 is 1.62 bits per heavy atom. The number of carbonyl (C=O) groups excluding carboxylic acids is 3. The summed E-state index contributed by atoms with van der Waals surface area (Å²) < 4.78 is -0.871. The minimum absolute atomic E-state index is 0.0819. The van der Waals surface area contributed by atoms with Crippen molar-refractivity contribution in [2.24, 2.45) is 11.8 Å². The molecule has 4 aliphatic rings. The van der Waals surface area contributed by atoms with Gasteiger partial charge in [-0.3, -0.25) is 14.4 Å². The molecule has 0 bridgehead atoms. The summed E-state index contributed by atoms with van der Waals surface area (Å²) in [6.07, 6.45) is 8.47. The largest absolute Gasteiger partial charge is 0.396 e. The van der Waals surface area contributed by atoms with E-state index in [1.54, 1.807) is 26.5 Å². The van der Waals surface area contributed by atoms with E-state index in [1.165, 1.54) is 0 Å². The number of aliphatic hydroxyl groups is 1. The third kappa shape index (κ3) is 3.95. The van der Waals surface area contributed by atoms with Crippen LogP contribution in [0.1, 0.15) is 17.5 Å². The van der Waals surface area contributed by atoms with Gasteiger partial charge in [-0.25, -0.2) is 0 Å². The van der Waals surface area contributed by atoms with Crippen LogP contribution in [0.2, 0.25) is 0 Å². The molecule has 0 saturated carbocycles. The van der Waals surface area contributed by atoms with Crippen LogP contribution in [0.5, 0.6) is 0 Å². The number of para-hydroxylation sites is 2. The maximum Gasteiger partial charge on any atom is 0.251 e. The van der Waals surface area contributed by atoms with Gasteiger partial charge >= 0.3 is 0 Å².